The first kappa shape index (κ1) is 21.6. The second-order valence-corrected chi connectivity index (χ2v) is 7.90. The summed E-state index contributed by atoms with van der Waals surface area (Å²) in [6.07, 6.45) is 0. The van der Waals surface area contributed by atoms with Crippen LogP contribution in [0.1, 0.15) is 33.2 Å². The minimum absolute atomic E-state index is 0.000729. The Balaban J connectivity index is 1.81. The Kier molecular flexibility index (Phi) is 6.31. The Morgan fingerprint density at radius 1 is 1.10 bits per heavy atom. The lowest BCUT2D eigenvalue weighted by molar-refractivity contribution is 0.0696. The fourth-order valence-electron chi connectivity index (χ4n) is 2.61. The second kappa shape index (κ2) is 8.74. The van der Waals surface area contributed by atoms with Crippen LogP contribution in [-0.2, 0) is 0 Å². The molecule has 3 aromatic rings. The maximum atomic E-state index is 12.3. The SMILES string of the molecule is CC(=NNC(=O)c1ccc(C(=O)O)cc1N)c1csc(-c2ccc(Cl)c(Cl)c2)c1O. The number of rotatable bonds is 5. The molecule has 30 heavy (non-hydrogen) atoms. The molecule has 0 unspecified atom stereocenters. The lowest BCUT2D eigenvalue weighted by Gasteiger charge is -2.06. The number of benzene rings is 2. The Hall–Kier alpha value is -3.07. The molecule has 3 rings (SSSR count). The Bertz CT molecular complexity index is 1190. The van der Waals surface area contributed by atoms with Crippen LogP contribution in [-0.4, -0.2) is 27.8 Å². The first-order valence-corrected chi connectivity index (χ1v) is 10.1. The number of carbonyl (C=O) groups is 2. The number of hydrazone groups is 1. The van der Waals surface area contributed by atoms with E-state index in [-0.39, 0.29) is 22.6 Å². The van der Waals surface area contributed by atoms with E-state index in [4.69, 9.17) is 34.0 Å². The highest BCUT2D eigenvalue weighted by Crippen LogP contribution is 2.40. The average Bonchev–Trinajstić information content (AvgIpc) is 3.09. The van der Waals surface area contributed by atoms with Gasteiger partial charge >= 0.3 is 5.97 Å². The van der Waals surface area contributed by atoms with Crippen LogP contribution in [0, 0.1) is 0 Å². The summed E-state index contributed by atoms with van der Waals surface area (Å²) in [7, 11) is 0. The van der Waals surface area contributed by atoms with Gasteiger partial charge < -0.3 is 15.9 Å². The van der Waals surface area contributed by atoms with E-state index in [2.05, 4.69) is 10.5 Å². The molecule has 1 heterocycles. The number of hydrogen-bond donors (Lipinski definition) is 4. The van der Waals surface area contributed by atoms with Gasteiger partial charge in [-0.25, -0.2) is 10.2 Å². The topological polar surface area (TPSA) is 125 Å². The van der Waals surface area contributed by atoms with Gasteiger partial charge in [0.1, 0.15) is 5.75 Å². The van der Waals surface area contributed by atoms with E-state index in [1.54, 1.807) is 30.5 Å². The van der Waals surface area contributed by atoms with E-state index in [0.29, 0.717) is 31.8 Å². The maximum absolute atomic E-state index is 12.3. The summed E-state index contributed by atoms with van der Waals surface area (Å²) in [5.74, 6) is -1.75. The van der Waals surface area contributed by atoms with Crippen LogP contribution in [0.5, 0.6) is 5.75 Å². The van der Waals surface area contributed by atoms with Crippen molar-refractivity contribution in [1.29, 1.82) is 0 Å². The Morgan fingerprint density at radius 2 is 1.83 bits per heavy atom. The van der Waals surface area contributed by atoms with E-state index < -0.39 is 11.9 Å². The van der Waals surface area contributed by atoms with Crippen LogP contribution in [0.15, 0.2) is 46.9 Å². The number of hydrogen-bond acceptors (Lipinski definition) is 6. The molecule has 0 atom stereocenters. The van der Waals surface area contributed by atoms with Crippen molar-refractivity contribution in [3.63, 3.8) is 0 Å². The summed E-state index contributed by atoms with van der Waals surface area (Å²) >= 11 is 13.3. The number of aromatic hydroxyl groups is 1. The van der Waals surface area contributed by atoms with Gasteiger partial charge in [0.25, 0.3) is 5.91 Å². The lowest BCUT2D eigenvalue weighted by Crippen LogP contribution is -2.20. The number of amides is 1. The first-order chi connectivity index (χ1) is 14.2. The summed E-state index contributed by atoms with van der Waals surface area (Å²) in [4.78, 5) is 23.9. The number of carboxylic acids is 1. The zero-order chi connectivity index (χ0) is 22.0. The van der Waals surface area contributed by atoms with E-state index >= 15 is 0 Å². The number of thiophene rings is 1. The van der Waals surface area contributed by atoms with Crippen LogP contribution in [0.3, 0.4) is 0 Å². The molecule has 0 bridgehead atoms. The summed E-state index contributed by atoms with van der Waals surface area (Å²) < 4.78 is 0. The first-order valence-electron chi connectivity index (χ1n) is 8.42. The van der Waals surface area contributed by atoms with Crippen molar-refractivity contribution in [3.05, 3.63) is 68.5 Å². The number of carboxylic acid groups (broad SMARTS) is 1. The van der Waals surface area contributed by atoms with Gasteiger partial charge in [-0.15, -0.1) is 11.3 Å². The fourth-order valence-corrected chi connectivity index (χ4v) is 3.91. The minimum atomic E-state index is -1.15. The van der Waals surface area contributed by atoms with E-state index in [1.807, 2.05) is 0 Å². The molecule has 0 aliphatic heterocycles. The van der Waals surface area contributed by atoms with Gasteiger partial charge in [-0.3, -0.25) is 4.79 Å². The van der Waals surface area contributed by atoms with Gasteiger partial charge in [0.15, 0.2) is 0 Å². The highest BCUT2D eigenvalue weighted by molar-refractivity contribution is 7.14. The summed E-state index contributed by atoms with van der Waals surface area (Å²) in [6.45, 7) is 1.62. The number of halogens is 2. The predicted octanol–water partition coefficient (Wildman–Crippen LogP) is 4.86. The zero-order valence-electron chi connectivity index (χ0n) is 15.4. The number of anilines is 1. The quantitative estimate of drug-likeness (QED) is 0.244. The minimum Gasteiger partial charge on any atom is -0.506 e. The van der Waals surface area contributed by atoms with Crippen molar-refractivity contribution in [3.8, 4) is 16.2 Å². The molecule has 1 aromatic heterocycles. The number of nitrogens with zero attached hydrogens (tertiary/aromatic N) is 1. The largest absolute Gasteiger partial charge is 0.506 e. The Morgan fingerprint density at radius 3 is 2.47 bits per heavy atom. The van der Waals surface area contributed by atoms with Crippen molar-refractivity contribution in [2.45, 2.75) is 6.92 Å². The Labute approximate surface area is 185 Å². The molecular weight excluding hydrogens is 449 g/mol. The molecule has 0 spiro atoms. The van der Waals surface area contributed by atoms with Gasteiger partial charge in [-0.05, 0) is 42.8 Å². The highest BCUT2D eigenvalue weighted by atomic mass is 35.5. The maximum Gasteiger partial charge on any atom is 0.335 e. The third-order valence-electron chi connectivity index (χ3n) is 4.20. The van der Waals surface area contributed by atoms with Crippen molar-refractivity contribution < 1.29 is 19.8 Å². The van der Waals surface area contributed by atoms with E-state index in [0.717, 1.165) is 0 Å². The third-order valence-corrected chi connectivity index (χ3v) is 5.96. The molecule has 0 aliphatic carbocycles. The van der Waals surface area contributed by atoms with Crippen molar-refractivity contribution in [1.82, 2.24) is 5.43 Å². The summed E-state index contributed by atoms with van der Waals surface area (Å²) in [5.41, 5.74) is 9.69. The molecule has 7 nitrogen and oxygen atoms in total. The molecule has 0 saturated carbocycles. The highest BCUT2D eigenvalue weighted by Gasteiger charge is 2.17. The standard InChI is InChI=1S/C20H15Cl2N3O4S/c1-9(24-25-19(27)12-4-2-11(20(28)29)7-16(12)23)13-8-30-18(17(13)26)10-3-5-14(21)15(22)6-10/h2-8,26H,23H2,1H3,(H,25,27)(H,28,29). The molecule has 10 heteroatoms. The molecular formula is C20H15Cl2N3O4S. The molecule has 5 N–H and O–H groups in total. The molecule has 0 radical (unpaired) electrons. The van der Waals surface area contributed by atoms with Crippen LogP contribution in [0.25, 0.3) is 10.4 Å². The summed E-state index contributed by atoms with van der Waals surface area (Å²) in [6, 6.07) is 8.81. The third kappa shape index (κ3) is 4.40. The number of nitrogens with two attached hydrogens (primary N) is 1. The monoisotopic (exact) mass is 463 g/mol. The molecule has 0 saturated heterocycles. The smallest absolute Gasteiger partial charge is 0.335 e. The van der Waals surface area contributed by atoms with Crippen LogP contribution in [0.2, 0.25) is 10.0 Å². The zero-order valence-corrected chi connectivity index (χ0v) is 17.8. The average molecular weight is 464 g/mol. The number of carbonyl (C=O) groups excluding carboxylic acids is 1. The predicted molar refractivity (Wildman–Crippen MR) is 119 cm³/mol. The van der Waals surface area contributed by atoms with Gasteiger partial charge in [-0.1, -0.05) is 29.3 Å². The van der Waals surface area contributed by atoms with Crippen molar-refractivity contribution >= 4 is 57.8 Å². The molecule has 1 amide bonds. The van der Waals surface area contributed by atoms with Gasteiger partial charge in [-0.2, -0.15) is 5.10 Å². The van der Waals surface area contributed by atoms with Gasteiger partial charge in [0, 0.05) is 11.1 Å². The van der Waals surface area contributed by atoms with Gasteiger partial charge in [0.2, 0.25) is 0 Å². The van der Waals surface area contributed by atoms with E-state index in [1.165, 1.54) is 29.5 Å². The van der Waals surface area contributed by atoms with Gasteiger partial charge in [0.05, 0.1) is 37.3 Å². The molecule has 0 aliphatic rings. The second-order valence-electron chi connectivity index (χ2n) is 6.20. The number of nitrogen functional groups attached to an aromatic ring is 1. The molecule has 0 fully saturated rings. The lowest BCUT2D eigenvalue weighted by atomic mass is 10.1. The van der Waals surface area contributed by atoms with Crippen molar-refractivity contribution in [2.24, 2.45) is 5.10 Å². The molecule has 2 aromatic carbocycles. The normalized spacial score (nSPS) is 11.4. The summed E-state index contributed by atoms with van der Waals surface area (Å²) in [5, 5.41) is 26.0. The number of nitrogens with one attached hydrogen (secondary N) is 1. The molecule has 154 valence electrons. The van der Waals surface area contributed by atoms with Crippen LogP contribution in [0.4, 0.5) is 5.69 Å². The van der Waals surface area contributed by atoms with Crippen LogP contribution >= 0.6 is 34.5 Å². The van der Waals surface area contributed by atoms with E-state index in [9.17, 15) is 14.7 Å². The number of aromatic carboxylic acids is 1. The van der Waals surface area contributed by atoms with Crippen molar-refractivity contribution in [2.75, 3.05) is 5.73 Å². The van der Waals surface area contributed by atoms with Crippen LogP contribution < -0.4 is 11.2 Å². The fraction of sp³-hybridized carbons (Fsp3) is 0.0500.